The lowest BCUT2D eigenvalue weighted by Crippen LogP contribution is -2.64. The molecular weight excluding hydrogens is 566 g/mol. The first kappa shape index (κ1) is 33.0. The molecule has 0 spiro atoms. The molecule has 13 nitrogen and oxygen atoms in total. The normalized spacial score (nSPS) is 21.1. The van der Waals surface area contributed by atoms with Crippen molar-refractivity contribution in [1.82, 2.24) is 25.6 Å². The van der Waals surface area contributed by atoms with E-state index in [1.807, 2.05) is 0 Å². The molecule has 5 N–H and O–H groups in total. The summed E-state index contributed by atoms with van der Waals surface area (Å²) in [5.41, 5.74) is -2.52. The van der Waals surface area contributed by atoms with Crippen molar-refractivity contribution in [1.29, 1.82) is 0 Å². The first-order valence-electron chi connectivity index (χ1n) is 13.8. The number of rotatable bonds is 11. The summed E-state index contributed by atoms with van der Waals surface area (Å²) >= 11 is 0. The molecule has 1 aromatic carbocycles. The van der Waals surface area contributed by atoms with Gasteiger partial charge in [-0.3, -0.25) is 24.0 Å². The second kappa shape index (κ2) is 12.0. The summed E-state index contributed by atoms with van der Waals surface area (Å²) in [6.45, 7) is 8.78. The molecule has 1 aliphatic carbocycles. The van der Waals surface area contributed by atoms with E-state index < -0.39 is 68.7 Å². The average Bonchev–Trinajstić information content (AvgIpc) is 3.57. The van der Waals surface area contributed by atoms with Crippen LogP contribution in [0.3, 0.4) is 0 Å². The first-order valence-corrected chi connectivity index (χ1v) is 15.3. The Kier molecular flexibility index (Phi) is 9.42. The van der Waals surface area contributed by atoms with Gasteiger partial charge in [-0.15, -0.1) is 0 Å². The van der Waals surface area contributed by atoms with E-state index in [2.05, 4.69) is 20.7 Å². The van der Waals surface area contributed by atoms with Crippen LogP contribution in [0.2, 0.25) is 0 Å². The Bertz CT molecular complexity index is 1350. The van der Waals surface area contributed by atoms with Crippen molar-refractivity contribution in [2.45, 2.75) is 94.8 Å². The van der Waals surface area contributed by atoms with Crippen molar-refractivity contribution in [3.63, 3.8) is 0 Å². The summed E-state index contributed by atoms with van der Waals surface area (Å²) in [6.07, 6.45) is 0.449. The Morgan fingerprint density at radius 1 is 1.02 bits per heavy atom. The number of carboxylic acids is 1. The molecule has 2 fully saturated rings. The zero-order valence-electron chi connectivity index (χ0n) is 24.9. The van der Waals surface area contributed by atoms with Crippen molar-refractivity contribution in [2.24, 2.45) is 5.41 Å². The van der Waals surface area contributed by atoms with Gasteiger partial charge in [0.05, 0.1) is 11.3 Å². The Morgan fingerprint density at radius 2 is 1.62 bits per heavy atom. The standard InChI is InChI=1S/C28H41N5O8S/c1-17-8-10-18(11-9-17)42(40,41)32-19(16-20(34)35)23(37)33-15-7-12-27(33,5)24(38)31-28(13-14-28)25(39)30-21(22(36)29-6)26(2,3)4/h8-11,19,21,32H,7,12-16H2,1-6H3,(H,29,36)(H,30,39)(H,31,38)(H,34,35)/t19-,21-,27-/m0/s1. The van der Waals surface area contributed by atoms with E-state index in [1.165, 1.54) is 31.0 Å². The fourth-order valence-corrected chi connectivity index (χ4v) is 6.23. The van der Waals surface area contributed by atoms with Gasteiger partial charge in [-0.1, -0.05) is 38.5 Å². The second-order valence-corrected chi connectivity index (χ2v) is 14.1. The third kappa shape index (κ3) is 7.09. The minimum absolute atomic E-state index is 0.0904. The van der Waals surface area contributed by atoms with Crippen LogP contribution in [0.5, 0.6) is 0 Å². The number of nitrogens with one attached hydrogen (secondary N) is 4. The first-order chi connectivity index (χ1) is 19.4. The van der Waals surface area contributed by atoms with Gasteiger partial charge < -0.3 is 26.0 Å². The van der Waals surface area contributed by atoms with Gasteiger partial charge in [-0.05, 0) is 57.1 Å². The summed E-state index contributed by atoms with van der Waals surface area (Å²) in [4.78, 5) is 65.8. The van der Waals surface area contributed by atoms with Gasteiger partial charge in [0.2, 0.25) is 33.7 Å². The molecular formula is C28H41N5O8S. The maximum Gasteiger partial charge on any atom is 0.305 e. The van der Waals surface area contributed by atoms with Crippen LogP contribution in [-0.4, -0.2) is 84.8 Å². The maximum absolute atomic E-state index is 13.7. The number of aryl methyl sites for hydroxylation is 1. The minimum Gasteiger partial charge on any atom is -0.481 e. The highest BCUT2D eigenvalue weighted by molar-refractivity contribution is 7.89. The summed E-state index contributed by atoms with van der Waals surface area (Å²) in [7, 11) is -2.80. The van der Waals surface area contributed by atoms with Gasteiger partial charge in [0, 0.05) is 13.6 Å². The average molecular weight is 608 g/mol. The monoisotopic (exact) mass is 607 g/mol. The van der Waals surface area contributed by atoms with Crippen LogP contribution in [0.15, 0.2) is 29.2 Å². The number of amides is 4. The predicted octanol–water partition coefficient (Wildman–Crippen LogP) is 0.423. The molecule has 3 rings (SSSR count). The zero-order chi connectivity index (χ0) is 31.7. The van der Waals surface area contributed by atoms with Gasteiger partial charge in [-0.25, -0.2) is 8.42 Å². The van der Waals surface area contributed by atoms with Crippen LogP contribution in [0, 0.1) is 12.3 Å². The number of likely N-dealkylation sites (tertiary alicyclic amines) is 1. The molecule has 1 aromatic rings. The zero-order valence-corrected chi connectivity index (χ0v) is 25.7. The highest BCUT2D eigenvalue weighted by Crippen LogP contribution is 2.39. The SMILES string of the molecule is CNC(=O)[C@H](NC(=O)C1(NC(=O)[C@]2(C)CCCN2C(=O)[C@H](CC(=O)O)NS(=O)(=O)c2ccc(C)cc2)CC1)C(C)(C)C. The predicted molar refractivity (Wildman–Crippen MR) is 152 cm³/mol. The second-order valence-electron chi connectivity index (χ2n) is 12.4. The van der Waals surface area contributed by atoms with Crippen molar-refractivity contribution in [3.05, 3.63) is 29.8 Å². The smallest absolute Gasteiger partial charge is 0.305 e. The van der Waals surface area contributed by atoms with Crippen molar-refractivity contribution in [3.8, 4) is 0 Å². The number of sulfonamides is 1. The molecule has 0 radical (unpaired) electrons. The molecule has 1 saturated heterocycles. The Hall–Kier alpha value is -3.52. The number of hydrogen-bond donors (Lipinski definition) is 5. The molecule has 0 unspecified atom stereocenters. The van der Waals surface area contributed by atoms with E-state index in [0.717, 1.165) is 5.56 Å². The Morgan fingerprint density at radius 3 is 2.12 bits per heavy atom. The lowest BCUT2D eigenvalue weighted by molar-refractivity contribution is -0.148. The quantitative estimate of drug-likeness (QED) is 0.239. The number of carbonyl (C=O) groups excluding carboxylic acids is 4. The van der Waals surface area contributed by atoms with E-state index in [1.54, 1.807) is 39.8 Å². The van der Waals surface area contributed by atoms with Crippen LogP contribution in [0.25, 0.3) is 0 Å². The number of likely N-dealkylation sites (N-methyl/N-ethyl adjacent to an activating group) is 1. The van der Waals surface area contributed by atoms with Crippen molar-refractivity contribution in [2.75, 3.05) is 13.6 Å². The van der Waals surface area contributed by atoms with E-state index in [-0.39, 0.29) is 23.8 Å². The highest BCUT2D eigenvalue weighted by Gasteiger charge is 2.56. The number of benzene rings is 1. The summed E-state index contributed by atoms with van der Waals surface area (Å²) < 4.78 is 28.3. The molecule has 2 aliphatic rings. The Balaban J connectivity index is 1.81. The van der Waals surface area contributed by atoms with E-state index in [9.17, 15) is 37.5 Å². The summed E-state index contributed by atoms with van der Waals surface area (Å²) in [5, 5.41) is 17.5. The third-order valence-electron chi connectivity index (χ3n) is 7.89. The fourth-order valence-electron chi connectivity index (χ4n) is 5.04. The molecule has 3 atom stereocenters. The largest absolute Gasteiger partial charge is 0.481 e. The van der Waals surface area contributed by atoms with Crippen LogP contribution in [-0.2, 0) is 34.0 Å². The fraction of sp³-hybridized carbons (Fsp3) is 0.607. The number of carbonyl (C=O) groups is 5. The number of aliphatic carboxylic acids is 1. The van der Waals surface area contributed by atoms with Gasteiger partial charge in [-0.2, -0.15) is 4.72 Å². The van der Waals surface area contributed by atoms with E-state index >= 15 is 0 Å². The van der Waals surface area contributed by atoms with Crippen molar-refractivity contribution >= 4 is 39.6 Å². The molecule has 42 heavy (non-hydrogen) atoms. The Labute approximate surface area is 246 Å². The highest BCUT2D eigenvalue weighted by atomic mass is 32.2. The molecule has 4 amide bonds. The molecule has 1 saturated carbocycles. The van der Waals surface area contributed by atoms with Crippen LogP contribution >= 0.6 is 0 Å². The number of hydrogen-bond acceptors (Lipinski definition) is 7. The van der Waals surface area contributed by atoms with E-state index in [4.69, 9.17) is 0 Å². The van der Waals surface area contributed by atoms with Crippen LogP contribution < -0.4 is 20.7 Å². The topological polar surface area (TPSA) is 191 Å². The molecule has 232 valence electrons. The molecule has 1 aliphatic heterocycles. The molecule has 0 aromatic heterocycles. The maximum atomic E-state index is 13.7. The minimum atomic E-state index is -4.26. The van der Waals surface area contributed by atoms with Crippen LogP contribution in [0.4, 0.5) is 0 Å². The third-order valence-corrected chi connectivity index (χ3v) is 9.38. The van der Waals surface area contributed by atoms with Gasteiger partial charge >= 0.3 is 5.97 Å². The van der Waals surface area contributed by atoms with Crippen LogP contribution in [0.1, 0.15) is 65.4 Å². The molecule has 1 heterocycles. The lowest BCUT2D eigenvalue weighted by Gasteiger charge is -2.37. The van der Waals surface area contributed by atoms with Crippen molar-refractivity contribution < 1.29 is 37.5 Å². The lowest BCUT2D eigenvalue weighted by atomic mass is 9.86. The van der Waals surface area contributed by atoms with Gasteiger partial charge in [0.15, 0.2) is 0 Å². The van der Waals surface area contributed by atoms with Gasteiger partial charge in [0.1, 0.15) is 23.2 Å². The summed E-state index contributed by atoms with van der Waals surface area (Å²) in [5.74, 6) is -3.78. The molecule has 14 heteroatoms. The molecule has 0 bridgehead atoms. The number of nitrogens with zero attached hydrogens (tertiary/aromatic N) is 1. The van der Waals surface area contributed by atoms with Gasteiger partial charge in [0.25, 0.3) is 0 Å². The number of carboxylic acid groups (broad SMARTS) is 1. The van der Waals surface area contributed by atoms with E-state index in [0.29, 0.717) is 19.3 Å². The summed E-state index contributed by atoms with van der Waals surface area (Å²) in [6, 6.07) is 3.32.